The van der Waals surface area contributed by atoms with Gasteiger partial charge in [0.05, 0.1) is 23.3 Å². The van der Waals surface area contributed by atoms with Crippen LogP contribution in [0.3, 0.4) is 0 Å². The van der Waals surface area contributed by atoms with Gasteiger partial charge in [0.15, 0.2) is 9.84 Å². The molecule has 2 aromatic carbocycles. The highest BCUT2D eigenvalue weighted by atomic mass is 79.9. The molecule has 11 heteroatoms. The van der Waals surface area contributed by atoms with Crippen LogP contribution in [-0.2, 0) is 22.8 Å². The van der Waals surface area contributed by atoms with Crippen LogP contribution in [0.25, 0.3) is 0 Å². The highest BCUT2D eigenvalue weighted by Gasteiger charge is 2.24. The van der Waals surface area contributed by atoms with Gasteiger partial charge in [-0.2, -0.15) is 5.10 Å². The summed E-state index contributed by atoms with van der Waals surface area (Å²) >= 11 is 3.46. The van der Waals surface area contributed by atoms with Gasteiger partial charge in [-0.25, -0.2) is 28.6 Å². The molecule has 33 heavy (non-hydrogen) atoms. The molecule has 0 aliphatic carbocycles. The summed E-state index contributed by atoms with van der Waals surface area (Å²) in [4.78, 5) is 23.3. The first kappa shape index (κ1) is 22.9. The molecule has 1 aliphatic heterocycles. The van der Waals surface area contributed by atoms with Crippen LogP contribution in [0.1, 0.15) is 16.8 Å². The second-order valence-corrected chi connectivity index (χ2v) is 10.4. The number of anilines is 2. The van der Waals surface area contributed by atoms with E-state index in [2.05, 4.69) is 41.7 Å². The van der Waals surface area contributed by atoms with Crippen LogP contribution in [0, 0.1) is 0 Å². The third-order valence-electron chi connectivity index (χ3n) is 5.06. The van der Waals surface area contributed by atoms with Crippen molar-refractivity contribution >= 4 is 49.5 Å². The van der Waals surface area contributed by atoms with Crippen LogP contribution in [0.4, 0.5) is 16.3 Å². The van der Waals surface area contributed by atoms with Crippen LogP contribution >= 0.6 is 15.9 Å². The molecule has 2 amide bonds. The van der Waals surface area contributed by atoms with Gasteiger partial charge < -0.3 is 10.2 Å². The van der Waals surface area contributed by atoms with Gasteiger partial charge in [-0.1, -0.05) is 34.1 Å². The van der Waals surface area contributed by atoms with Crippen LogP contribution in [0.2, 0.25) is 0 Å². The lowest BCUT2D eigenvalue weighted by Gasteiger charge is -2.28. The number of sulfone groups is 1. The number of fused-ring (bicyclic) bond motifs is 1. The van der Waals surface area contributed by atoms with Gasteiger partial charge in [0.1, 0.15) is 12.1 Å². The number of nitrogens with zero attached hydrogens (tertiary/aromatic N) is 4. The normalized spacial score (nSPS) is 13.6. The van der Waals surface area contributed by atoms with Gasteiger partial charge in [-0.3, -0.25) is 0 Å². The molecule has 2 N–H and O–H groups in total. The minimum absolute atomic E-state index is 0.227. The van der Waals surface area contributed by atoms with E-state index in [1.54, 1.807) is 17.0 Å². The fourth-order valence-corrected chi connectivity index (χ4v) is 4.39. The maximum atomic E-state index is 12.7. The van der Waals surface area contributed by atoms with Crippen molar-refractivity contribution < 1.29 is 13.2 Å². The number of halogens is 1. The van der Waals surface area contributed by atoms with E-state index in [-0.39, 0.29) is 10.9 Å². The molecule has 0 spiro atoms. The van der Waals surface area contributed by atoms with Crippen LogP contribution in [0.5, 0.6) is 0 Å². The predicted octanol–water partition coefficient (Wildman–Crippen LogP) is 3.49. The summed E-state index contributed by atoms with van der Waals surface area (Å²) in [6.45, 7) is 0.849. The van der Waals surface area contributed by atoms with E-state index < -0.39 is 9.84 Å². The summed E-state index contributed by atoms with van der Waals surface area (Å²) in [7, 11) is -3.26. The molecule has 2 heterocycles. The summed E-state index contributed by atoms with van der Waals surface area (Å²) in [5.41, 5.74) is 5.83. The second kappa shape index (κ2) is 9.67. The number of hydrogen-bond acceptors (Lipinski definition) is 7. The number of amides is 2. The number of carbonyl (C=O) groups is 1. The molecule has 1 aliphatic rings. The summed E-state index contributed by atoms with van der Waals surface area (Å²) in [6, 6.07) is 13.6. The maximum Gasteiger partial charge on any atom is 0.338 e. The van der Waals surface area contributed by atoms with Gasteiger partial charge in [-0.05, 0) is 35.9 Å². The van der Waals surface area contributed by atoms with E-state index in [0.717, 1.165) is 27.7 Å². The fraction of sp³-hybridized carbons (Fsp3) is 0.182. The van der Waals surface area contributed by atoms with Gasteiger partial charge in [0.25, 0.3) is 0 Å². The van der Waals surface area contributed by atoms with Gasteiger partial charge in [-0.15, -0.1) is 0 Å². The fourth-order valence-electron chi connectivity index (χ4n) is 3.36. The SMILES string of the molecule is CS(=O)(=O)c1ccc(/C=N/NC(=O)N2CCc3ncnc(Nc4cccc(Br)c4)c3C2)cc1. The third-order valence-corrected chi connectivity index (χ3v) is 6.68. The Labute approximate surface area is 200 Å². The molecule has 0 radical (unpaired) electrons. The number of nitrogens with one attached hydrogen (secondary N) is 2. The first-order valence-corrected chi connectivity index (χ1v) is 12.7. The van der Waals surface area contributed by atoms with Gasteiger partial charge in [0, 0.05) is 34.9 Å². The maximum absolute atomic E-state index is 12.7. The Morgan fingerprint density at radius 1 is 1.18 bits per heavy atom. The average Bonchev–Trinajstić information content (AvgIpc) is 2.79. The number of hydrazone groups is 1. The summed E-state index contributed by atoms with van der Waals surface area (Å²) in [5, 5.41) is 7.30. The van der Waals surface area contributed by atoms with E-state index in [9.17, 15) is 13.2 Å². The Hall–Kier alpha value is -3.31. The van der Waals surface area contributed by atoms with Crippen LogP contribution in [0.15, 0.2) is 69.3 Å². The minimum atomic E-state index is -3.26. The first-order valence-electron chi connectivity index (χ1n) is 10.0. The molecule has 9 nitrogen and oxygen atoms in total. The monoisotopic (exact) mass is 528 g/mol. The van der Waals surface area contributed by atoms with Gasteiger partial charge >= 0.3 is 6.03 Å². The smallest absolute Gasteiger partial charge is 0.338 e. The number of benzene rings is 2. The van der Waals surface area contributed by atoms with Crippen molar-refractivity contribution in [1.29, 1.82) is 0 Å². The minimum Gasteiger partial charge on any atom is -0.340 e. The Balaban J connectivity index is 1.42. The summed E-state index contributed by atoms with van der Waals surface area (Å²) < 4.78 is 24.0. The Bertz CT molecular complexity index is 1310. The van der Waals surface area contributed by atoms with Crippen molar-refractivity contribution in [3.63, 3.8) is 0 Å². The zero-order valence-electron chi connectivity index (χ0n) is 17.7. The average molecular weight is 529 g/mol. The molecule has 0 saturated heterocycles. The van der Waals surface area contributed by atoms with E-state index >= 15 is 0 Å². The van der Waals surface area contributed by atoms with Gasteiger partial charge in [0.2, 0.25) is 0 Å². The predicted molar refractivity (Wildman–Crippen MR) is 129 cm³/mol. The van der Waals surface area contributed by atoms with Crippen molar-refractivity contribution in [3.05, 3.63) is 76.2 Å². The number of rotatable bonds is 5. The summed E-state index contributed by atoms with van der Waals surface area (Å²) in [5.74, 6) is 0.657. The first-order chi connectivity index (χ1) is 15.8. The molecule has 4 rings (SSSR count). The zero-order chi connectivity index (χ0) is 23.4. The number of aromatic nitrogens is 2. The van der Waals surface area contributed by atoms with Crippen LogP contribution < -0.4 is 10.7 Å². The van der Waals surface area contributed by atoms with E-state index in [1.807, 2.05) is 24.3 Å². The largest absolute Gasteiger partial charge is 0.340 e. The lowest BCUT2D eigenvalue weighted by atomic mass is 10.1. The van der Waals surface area contributed by atoms with Crippen molar-refractivity contribution in [1.82, 2.24) is 20.3 Å². The highest BCUT2D eigenvalue weighted by molar-refractivity contribution is 9.10. The lowest BCUT2D eigenvalue weighted by Crippen LogP contribution is -2.41. The number of carbonyl (C=O) groups excluding carboxylic acids is 1. The lowest BCUT2D eigenvalue weighted by molar-refractivity contribution is 0.192. The standard InChI is InChI=1S/C22H21BrN6O3S/c1-33(31,32)18-7-5-15(6-8-18)12-26-28-22(30)29-10-9-20-19(13-29)21(25-14-24-20)27-17-4-2-3-16(23)11-17/h2-8,11-12,14H,9-10,13H2,1H3,(H,28,30)(H,24,25,27)/b26-12+. The van der Waals surface area contributed by atoms with Crippen molar-refractivity contribution in [2.75, 3.05) is 18.1 Å². The van der Waals surface area contributed by atoms with E-state index in [1.165, 1.54) is 24.7 Å². The van der Waals surface area contributed by atoms with Crippen LogP contribution in [-0.4, -0.2) is 48.3 Å². The highest BCUT2D eigenvalue weighted by Crippen LogP contribution is 2.26. The Morgan fingerprint density at radius 3 is 2.70 bits per heavy atom. The molecule has 0 bridgehead atoms. The molecular weight excluding hydrogens is 508 g/mol. The van der Waals surface area contributed by atoms with Crippen molar-refractivity contribution in [3.8, 4) is 0 Å². The molecule has 0 saturated carbocycles. The molecule has 3 aromatic rings. The molecule has 170 valence electrons. The Kier molecular flexibility index (Phi) is 6.70. The zero-order valence-corrected chi connectivity index (χ0v) is 20.1. The summed E-state index contributed by atoms with van der Waals surface area (Å²) in [6.07, 6.45) is 4.74. The molecule has 0 atom stereocenters. The number of urea groups is 1. The molecule has 1 aromatic heterocycles. The van der Waals surface area contributed by atoms with E-state index in [0.29, 0.717) is 30.9 Å². The third kappa shape index (κ3) is 5.74. The Morgan fingerprint density at radius 2 is 1.97 bits per heavy atom. The van der Waals surface area contributed by atoms with Crippen molar-refractivity contribution in [2.24, 2.45) is 5.10 Å². The topological polar surface area (TPSA) is 117 Å². The second-order valence-electron chi connectivity index (χ2n) is 7.47. The quantitative estimate of drug-likeness (QED) is 0.386. The van der Waals surface area contributed by atoms with Crippen molar-refractivity contribution in [2.45, 2.75) is 17.9 Å². The molecule has 0 fully saturated rings. The number of hydrogen-bond donors (Lipinski definition) is 2. The van der Waals surface area contributed by atoms with E-state index in [4.69, 9.17) is 0 Å². The molecule has 0 unspecified atom stereocenters. The molecular formula is C22H21BrN6O3S.